The Labute approximate surface area is 86.2 Å². The van der Waals surface area contributed by atoms with E-state index in [0.29, 0.717) is 6.04 Å². The van der Waals surface area contributed by atoms with Crippen LogP contribution in [0.15, 0.2) is 41.4 Å². The van der Waals surface area contributed by atoms with Crippen LogP contribution in [0.2, 0.25) is 0 Å². The molecule has 1 atom stereocenters. The molecule has 1 aromatic carbocycles. The molecule has 0 saturated carbocycles. The number of hydrogen-bond donors (Lipinski definition) is 0. The Bertz CT molecular complexity index is 298. The molecule has 0 saturated heterocycles. The highest BCUT2D eigenvalue weighted by Crippen LogP contribution is 2.00. The SMILES string of the molecule is CCC(C)N=CC=Cc1ccccc1. The lowest BCUT2D eigenvalue weighted by molar-refractivity contribution is 0.721. The van der Waals surface area contributed by atoms with Gasteiger partial charge in [-0.05, 0) is 25.0 Å². The van der Waals surface area contributed by atoms with Gasteiger partial charge in [-0.25, -0.2) is 0 Å². The van der Waals surface area contributed by atoms with Gasteiger partial charge in [0.15, 0.2) is 0 Å². The number of allylic oxidation sites excluding steroid dienone is 1. The molecule has 0 radical (unpaired) electrons. The number of hydrogen-bond acceptors (Lipinski definition) is 1. The van der Waals surface area contributed by atoms with Gasteiger partial charge in [0.05, 0.1) is 0 Å². The summed E-state index contributed by atoms with van der Waals surface area (Å²) >= 11 is 0. The summed E-state index contributed by atoms with van der Waals surface area (Å²) in [5, 5.41) is 0. The molecule has 74 valence electrons. The van der Waals surface area contributed by atoms with E-state index < -0.39 is 0 Å². The van der Waals surface area contributed by atoms with E-state index >= 15 is 0 Å². The van der Waals surface area contributed by atoms with Crippen molar-refractivity contribution in [2.24, 2.45) is 4.99 Å². The third-order valence-electron chi connectivity index (χ3n) is 2.11. The number of nitrogens with zero attached hydrogens (tertiary/aromatic N) is 1. The van der Waals surface area contributed by atoms with E-state index in [2.05, 4.69) is 37.0 Å². The Balaban J connectivity index is 2.45. The highest BCUT2D eigenvalue weighted by Gasteiger charge is 1.88. The summed E-state index contributed by atoms with van der Waals surface area (Å²) in [6.45, 7) is 4.26. The predicted octanol–water partition coefficient (Wildman–Crippen LogP) is 3.57. The van der Waals surface area contributed by atoms with Crippen molar-refractivity contribution >= 4 is 12.3 Å². The predicted molar refractivity (Wildman–Crippen MR) is 63.7 cm³/mol. The van der Waals surface area contributed by atoms with Gasteiger partial charge in [0.1, 0.15) is 0 Å². The highest BCUT2D eigenvalue weighted by atomic mass is 14.7. The molecule has 0 fully saturated rings. The molecular formula is C13H17N. The fraction of sp³-hybridized carbons (Fsp3) is 0.308. The molecule has 0 bridgehead atoms. The van der Waals surface area contributed by atoms with Gasteiger partial charge in [0.25, 0.3) is 0 Å². The van der Waals surface area contributed by atoms with Crippen LogP contribution in [-0.2, 0) is 0 Å². The molecule has 14 heavy (non-hydrogen) atoms. The van der Waals surface area contributed by atoms with Crippen molar-refractivity contribution < 1.29 is 0 Å². The Hall–Kier alpha value is -1.37. The van der Waals surface area contributed by atoms with E-state index in [1.807, 2.05) is 30.5 Å². The van der Waals surface area contributed by atoms with Gasteiger partial charge >= 0.3 is 0 Å². The van der Waals surface area contributed by atoms with Gasteiger partial charge in [0, 0.05) is 12.3 Å². The fourth-order valence-corrected chi connectivity index (χ4v) is 1.02. The monoisotopic (exact) mass is 187 g/mol. The number of rotatable bonds is 4. The quantitative estimate of drug-likeness (QED) is 0.639. The first-order chi connectivity index (χ1) is 6.83. The van der Waals surface area contributed by atoms with Crippen LogP contribution in [0, 0.1) is 0 Å². The van der Waals surface area contributed by atoms with E-state index in [1.165, 1.54) is 5.56 Å². The summed E-state index contributed by atoms with van der Waals surface area (Å²) in [4.78, 5) is 4.35. The lowest BCUT2D eigenvalue weighted by atomic mass is 10.2. The van der Waals surface area contributed by atoms with Crippen LogP contribution in [0.5, 0.6) is 0 Å². The highest BCUT2D eigenvalue weighted by molar-refractivity contribution is 5.78. The van der Waals surface area contributed by atoms with Crippen LogP contribution in [0.3, 0.4) is 0 Å². The molecule has 0 aliphatic rings. The van der Waals surface area contributed by atoms with Gasteiger partial charge in [-0.2, -0.15) is 0 Å². The summed E-state index contributed by atoms with van der Waals surface area (Å²) < 4.78 is 0. The smallest absolute Gasteiger partial charge is 0.0468 e. The zero-order valence-electron chi connectivity index (χ0n) is 8.85. The van der Waals surface area contributed by atoms with Crippen LogP contribution >= 0.6 is 0 Å². The summed E-state index contributed by atoms with van der Waals surface area (Å²) in [6, 6.07) is 10.7. The van der Waals surface area contributed by atoms with Crippen molar-refractivity contribution in [3.05, 3.63) is 42.0 Å². The molecule has 1 rings (SSSR count). The molecular weight excluding hydrogens is 170 g/mol. The Kier molecular flexibility index (Phi) is 4.70. The van der Waals surface area contributed by atoms with Gasteiger partial charge in [-0.15, -0.1) is 0 Å². The first-order valence-electron chi connectivity index (χ1n) is 5.08. The second-order valence-corrected chi connectivity index (χ2v) is 3.33. The topological polar surface area (TPSA) is 12.4 Å². The van der Waals surface area contributed by atoms with E-state index in [1.54, 1.807) is 0 Å². The van der Waals surface area contributed by atoms with E-state index in [4.69, 9.17) is 0 Å². The maximum absolute atomic E-state index is 4.35. The summed E-state index contributed by atoms with van der Waals surface area (Å²) in [5.74, 6) is 0. The van der Waals surface area contributed by atoms with Crippen LogP contribution in [-0.4, -0.2) is 12.3 Å². The van der Waals surface area contributed by atoms with Crippen LogP contribution in [0.1, 0.15) is 25.8 Å². The average Bonchev–Trinajstić information content (AvgIpc) is 2.25. The minimum absolute atomic E-state index is 0.426. The van der Waals surface area contributed by atoms with Crippen LogP contribution < -0.4 is 0 Å². The molecule has 0 heterocycles. The fourth-order valence-electron chi connectivity index (χ4n) is 1.02. The van der Waals surface area contributed by atoms with Crippen molar-refractivity contribution in [2.75, 3.05) is 0 Å². The number of aliphatic imine (C=N–C) groups is 1. The first kappa shape index (κ1) is 10.7. The first-order valence-corrected chi connectivity index (χ1v) is 5.08. The van der Waals surface area contributed by atoms with Gasteiger partial charge < -0.3 is 0 Å². The van der Waals surface area contributed by atoms with Gasteiger partial charge in [-0.1, -0.05) is 43.3 Å². The van der Waals surface area contributed by atoms with Crippen molar-refractivity contribution in [3.8, 4) is 0 Å². The Morgan fingerprint density at radius 3 is 2.64 bits per heavy atom. The third-order valence-corrected chi connectivity index (χ3v) is 2.11. The minimum atomic E-state index is 0.426. The van der Waals surface area contributed by atoms with E-state index in [0.717, 1.165) is 6.42 Å². The summed E-state index contributed by atoms with van der Waals surface area (Å²) in [6.07, 6.45) is 7.02. The van der Waals surface area contributed by atoms with Crippen LogP contribution in [0.4, 0.5) is 0 Å². The van der Waals surface area contributed by atoms with Crippen molar-refractivity contribution in [3.63, 3.8) is 0 Å². The van der Waals surface area contributed by atoms with Crippen LogP contribution in [0.25, 0.3) is 6.08 Å². The zero-order valence-corrected chi connectivity index (χ0v) is 8.85. The maximum Gasteiger partial charge on any atom is 0.0468 e. The standard InChI is InChI=1S/C13H17N/c1-3-12(2)14-11-7-10-13-8-5-4-6-9-13/h4-12H,3H2,1-2H3. The Morgan fingerprint density at radius 1 is 1.29 bits per heavy atom. The number of benzene rings is 1. The van der Waals surface area contributed by atoms with Gasteiger partial charge in [0.2, 0.25) is 0 Å². The Morgan fingerprint density at radius 2 is 2.00 bits per heavy atom. The summed E-state index contributed by atoms with van der Waals surface area (Å²) in [5.41, 5.74) is 1.21. The second kappa shape index (κ2) is 6.14. The molecule has 0 aromatic heterocycles. The van der Waals surface area contributed by atoms with E-state index in [9.17, 15) is 0 Å². The molecule has 0 aliphatic carbocycles. The lowest BCUT2D eigenvalue weighted by Crippen LogP contribution is -1.93. The summed E-state index contributed by atoms with van der Waals surface area (Å²) in [7, 11) is 0. The third kappa shape index (κ3) is 4.04. The lowest BCUT2D eigenvalue weighted by Gasteiger charge is -1.97. The largest absolute Gasteiger partial charge is 0.290 e. The molecule has 0 N–H and O–H groups in total. The molecule has 0 amide bonds. The molecule has 0 aliphatic heterocycles. The van der Waals surface area contributed by atoms with E-state index in [-0.39, 0.29) is 0 Å². The second-order valence-electron chi connectivity index (χ2n) is 3.33. The maximum atomic E-state index is 4.35. The molecule has 1 nitrogen and oxygen atoms in total. The van der Waals surface area contributed by atoms with Crippen molar-refractivity contribution in [2.45, 2.75) is 26.3 Å². The van der Waals surface area contributed by atoms with Crippen molar-refractivity contribution in [1.82, 2.24) is 0 Å². The average molecular weight is 187 g/mol. The minimum Gasteiger partial charge on any atom is -0.290 e. The van der Waals surface area contributed by atoms with Gasteiger partial charge in [-0.3, -0.25) is 4.99 Å². The molecule has 0 spiro atoms. The van der Waals surface area contributed by atoms with Crippen molar-refractivity contribution in [1.29, 1.82) is 0 Å². The normalized spacial score (nSPS) is 13.9. The molecule has 1 heteroatoms. The zero-order chi connectivity index (χ0) is 10.2. The molecule has 1 aromatic rings. The molecule has 1 unspecified atom stereocenters.